The third-order valence-electron chi connectivity index (χ3n) is 4.85. The van der Waals surface area contributed by atoms with Gasteiger partial charge in [-0.25, -0.2) is 0 Å². The van der Waals surface area contributed by atoms with Crippen molar-refractivity contribution in [2.45, 2.75) is 52.1 Å². The van der Waals surface area contributed by atoms with E-state index in [4.69, 9.17) is 0 Å². The molecule has 21 heavy (non-hydrogen) atoms. The first-order valence-corrected chi connectivity index (χ1v) is 9.03. The van der Waals surface area contributed by atoms with Crippen LogP contribution in [-0.2, 0) is 6.54 Å². The maximum Gasteiger partial charge on any atom is 0.0242 e. The zero-order valence-corrected chi connectivity index (χ0v) is 15.2. The molecule has 0 aliphatic heterocycles. The molecule has 0 aromatic heterocycles. The van der Waals surface area contributed by atoms with Gasteiger partial charge in [0.2, 0.25) is 0 Å². The summed E-state index contributed by atoms with van der Waals surface area (Å²) in [5.41, 5.74) is 1.77. The highest BCUT2D eigenvalue weighted by molar-refractivity contribution is 9.10. The molecule has 3 heteroatoms. The normalized spacial score (nSPS) is 15.7. The van der Waals surface area contributed by atoms with Crippen molar-refractivity contribution < 1.29 is 0 Å². The third kappa shape index (κ3) is 5.08. The predicted octanol–water partition coefficient (Wildman–Crippen LogP) is 4.44. The quantitative estimate of drug-likeness (QED) is 0.706. The Morgan fingerprint density at radius 1 is 1.24 bits per heavy atom. The van der Waals surface area contributed by atoms with Gasteiger partial charge in [0.1, 0.15) is 0 Å². The highest BCUT2D eigenvalue weighted by Crippen LogP contribution is 2.30. The van der Waals surface area contributed by atoms with Gasteiger partial charge in [-0.05, 0) is 49.8 Å². The van der Waals surface area contributed by atoms with E-state index in [2.05, 4.69) is 71.3 Å². The second-order valence-electron chi connectivity index (χ2n) is 6.63. The monoisotopic (exact) mass is 352 g/mol. The summed E-state index contributed by atoms with van der Waals surface area (Å²) < 4.78 is 1.21. The summed E-state index contributed by atoms with van der Waals surface area (Å²) in [7, 11) is 2.25. The Kier molecular flexibility index (Phi) is 6.27. The van der Waals surface area contributed by atoms with Gasteiger partial charge < -0.3 is 10.2 Å². The van der Waals surface area contributed by atoms with E-state index < -0.39 is 0 Å². The first kappa shape index (κ1) is 17.0. The van der Waals surface area contributed by atoms with Gasteiger partial charge in [-0.2, -0.15) is 0 Å². The molecule has 118 valence electrons. The highest BCUT2D eigenvalue weighted by Gasteiger charge is 2.30. The molecule has 1 aromatic rings. The van der Waals surface area contributed by atoms with E-state index in [0.717, 1.165) is 25.7 Å². The minimum absolute atomic E-state index is 0.401. The number of rotatable bonds is 9. The van der Waals surface area contributed by atoms with Gasteiger partial charge in [0.25, 0.3) is 0 Å². The van der Waals surface area contributed by atoms with E-state index in [-0.39, 0.29) is 0 Å². The molecule has 0 heterocycles. The maximum absolute atomic E-state index is 3.74. The molecule has 0 saturated heterocycles. The van der Waals surface area contributed by atoms with Crippen molar-refractivity contribution in [3.63, 3.8) is 0 Å². The summed E-state index contributed by atoms with van der Waals surface area (Å²) in [5, 5.41) is 3.74. The van der Waals surface area contributed by atoms with Crippen molar-refractivity contribution >= 4 is 15.9 Å². The largest absolute Gasteiger partial charge is 0.313 e. The fourth-order valence-electron chi connectivity index (χ4n) is 2.97. The van der Waals surface area contributed by atoms with Gasteiger partial charge in [0, 0.05) is 30.1 Å². The molecule has 1 fully saturated rings. The Labute approximate surface area is 138 Å². The van der Waals surface area contributed by atoms with Crippen LogP contribution in [0.1, 0.15) is 45.1 Å². The van der Waals surface area contributed by atoms with Gasteiger partial charge in [0.05, 0.1) is 0 Å². The fourth-order valence-corrected chi connectivity index (χ4v) is 3.38. The molecular formula is C18H29BrN2. The van der Waals surface area contributed by atoms with Crippen molar-refractivity contribution in [2.24, 2.45) is 5.41 Å². The number of hydrogen-bond donors (Lipinski definition) is 1. The average Bonchev–Trinajstić information content (AvgIpc) is 3.30. The van der Waals surface area contributed by atoms with Crippen LogP contribution in [0, 0.1) is 5.41 Å². The van der Waals surface area contributed by atoms with Gasteiger partial charge in [-0.15, -0.1) is 0 Å². The van der Waals surface area contributed by atoms with E-state index in [0.29, 0.717) is 5.41 Å². The van der Waals surface area contributed by atoms with Crippen LogP contribution in [0.4, 0.5) is 0 Å². The van der Waals surface area contributed by atoms with Crippen molar-refractivity contribution in [3.05, 3.63) is 34.3 Å². The minimum Gasteiger partial charge on any atom is -0.313 e. The molecule has 1 saturated carbocycles. The van der Waals surface area contributed by atoms with Gasteiger partial charge >= 0.3 is 0 Å². The Morgan fingerprint density at radius 2 is 1.90 bits per heavy atom. The first-order chi connectivity index (χ1) is 10.1. The van der Waals surface area contributed by atoms with E-state index in [1.807, 2.05) is 0 Å². The van der Waals surface area contributed by atoms with E-state index >= 15 is 0 Å². The predicted molar refractivity (Wildman–Crippen MR) is 94.5 cm³/mol. The second kappa shape index (κ2) is 7.75. The van der Waals surface area contributed by atoms with Gasteiger partial charge in [0.15, 0.2) is 0 Å². The van der Waals surface area contributed by atoms with Crippen LogP contribution in [0.25, 0.3) is 0 Å². The first-order valence-electron chi connectivity index (χ1n) is 8.24. The molecule has 0 unspecified atom stereocenters. The van der Waals surface area contributed by atoms with Crippen molar-refractivity contribution in [3.8, 4) is 0 Å². The van der Waals surface area contributed by atoms with E-state index in [9.17, 15) is 0 Å². The smallest absolute Gasteiger partial charge is 0.0242 e. The second-order valence-corrected chi connectivity index (χ2v) is 7.48. The van der Waals surface area contributed by atoms with Crippen LogP contribution in [0.2, 0.25) is 0 Å². The van der Waals surface area contributed by atoms with Crippen LogP contribution in [0.15, 0.2) is 28.7 Å². The van der Waals surface area contributed by atoms with Crippen LogP contribution in [0.3, 0.4) is 0 Å². The van der Waals surface area contributed by atoms with Gasteiger partial charge in [-0.1, -0.05) is 48.0 Å². The summed E-state index contributed by atoms with van der Waals surface area (Å²) in [6, 6.07) is 9.34. The van der Waals surface area contributed by atoms with Crippen molar-refractivity contribution in [1.29, 1.82) is 0 Å². The SMILES string of the molecule is CCC(CC)(CNC1CC1)CN(C)Cc1ccccc1Br. The van der Waals surface area contributed by atoms with E-state index in [1.54, 1.807) is 0 Å². The molecular weight excluding hydrogens is 324 g/mol. The highest BCUT2D eigenvalue weighted by atomic mass is 79.9. The number of halogens is 1. The summed E-state index contributed by atoms with van der Waals surface area (Å²) in [4.78, 5) is 2.47. The summed E-state index contributed by atoms with van der Waals surface area (Å²) in [5.74, 6) is 0. The number of nitrogens with zero attached hydrogens (tertiary/aromatic N) is 1. The number of benzene rings is 1. The Hall–Kier alpha value is -0.380. The Balaban J connectivity index is 1.93. The molecule has 0 spiro atoms. The van der Waals surface area contributed by atoms with Crippen molar-refractivity contribution in [2.75, 3.05) is 20.1 Å². The molecule has 0 amide bonds. The summed E-state index contributed by atoms with van der Waals surface area (Å²) in [6.45, 7) is 7.99. The standard InChI is InChI=1S/C18H29BrN2/c1-4-18(5-2,13-20-16-10-11-16)14-21(3)12-15-8-6-7-9-17(15)19/h6-9,16,20H,4-5,10-14H2,1-3H3. The van der Waals surface area contributed by atoms with Gasteiger partial charge in [-0.3, -0.25) is 0 Å². The number of nitrogens with one attached hydrogen (secondary N) is 1. The molecule has 1 aliphatic carbocycles. The molecule has 0 bridgehead atoms. The molecule has 2 rings (SSSR count). The van der Waals surface area contributed by atoms with Crippen LogP contribution < -0.4 is 5.32 Å². The average molecular weight is 353 g/mol. The third-order valence-corrected chi connectivity index (χ3v) is 5.62. The lowest BCUT2D eigenvalue weighted by Gasteiger charge is -2.36. The Bertz CT molecular complexity index is 439. The van der Waals surface area contributed by atoms with Crippen LogP contribution in [-0.4, -0.2) is 31.1 Å². The maximum atomic E-state index is 3.74. The fraction of sp³-hybridized carbons (Fsp3) is 0.667. The summed E-state index contributed by atoms with van der Waals surface area (Å²) in [6.07, 6.45) is 5.22. The van der Waals surface area contributed by atoms with Crippen LogP contribution in [0.5, 0.6) is 0 Å². The molecule has 1 aromatic carbocycles. The molecule has 0 atom stereocenters. The van der Waals surface area contributed by atoms with Crippen LogP contribution >= 0.6 is 15.9 Å². The molecule has 1 N–H and O–H groups in total. The molecule has 0 radical (unpaired) electrons. The zero-order chi connectivity index (χ0) is 15.3. The number of hydrogen-bond acceptors (Lipinski definition) is 2. The molecule has 2 nitrogen and oxygen atoms in total. The van der Waals surface area contributed by atoms with E-state index in [1.165, 1.54) is 35.7 Å². The zero-order valence-electron chi connectivity index (χ0n) is 13.7. The lowest BCUT2D eigenvalue weighted by molar-refractivity contribution is 0.150. The Morgan fingerprint density at radius 3 is 2.48 bits per heavy atom. The topological polar surface area (TPSA) is 15.3 Å². The minimum atomic E-state index is 0.401. The van der Waals surface area contributed by atoms with Crippen molar-refractivity contribution in [1.82, 2.24) is 10.2 Å². The lowest BCUT2D eigenvalue weighted by Crippen LogP contribution is -2.42. The molecule has 1 aliphatic rings. The lowest BCUT2D eigenvalue weighted by atomic mass is 9.81. The summed E-state index contributed by atoms with van der Waals surface area (Å²) >= 11 is 3.66.